The molecule has 1 aromatic heterocycles. The van der Waals surface area contributed by atoms with Gasteiger partial charge in [0.15, 0.2) is 6.29 Å². The van der Waals surface area contributed by atoms with Gasteiger partial charge in [-0.15, -0.1) is 0 Å². The maximum absolute atomic E-state index is 14.6. The van der Waals surface area contributed by atoms with Crippen LogP contribution in [-0.2, 0) is 25.4 Å². The summed E-state index contributed by atoms with van der Waals surface area (Å²) >= 11 is 6.07. The molecule has 2 heterocycles. The van der Waals surface area contributed by atoms with Gasteiger partial charge in [-0.1, -0.05) is 18.2 Å². The predicted octanol–water partition coefficient (Wildman–Crippen LogP) is 4.53. The van der Waals surface area contributed by atoms with E-state index in [9.17, 15) is 18.0 Å². The number of anilines is 1. The summed E-state index contributed by atoms with van der Waals surface area (Å²) < 4.78 is 56.9. The zero-order valence-electron chi connectivity index (χ0n) is 16.8. The molecule has 168 valence electrons. The lowest BCUT2D eigenvalue weighted by molar-refractivity contribution is -0.140. The highest BCUT2D eigenvalue weighted by molar-refractivity contribution is 6.28. The summed E-state index contributed by atoms with van der Waals surface area (Å²) in [6.07, 6.45) is -3.54. The van der Waals surface area contributed by atoms with Crippen molar-refractivity contribution in [2.24, 2.45) is 0 Å². The van der Waals surface area contributed by atoms with Crippen molar-refractivity contribution < 1.29 is 32.2 Å². The van der Waals surface area contributed by atoms with Crippen molar-refractivity contribution in [2.45, 2.75) is 39.0 Å². The van der Waals surface area contributed by atoms with Gasteiger partial charge in [0.25, 0.3) is 6.43 Å². The monoisotopic (exact) mass is 459 g/mol. The number of rotatable bonds is 8. The van der Waals surface area contributed by atoms with Crippen LogP contribution in [0.1, 0.15) is 55.0 Å². The zero-order valence-corrected chi connectivity index (χ0v) is 17.6. The van der Waals surface area contributed by atoms with Gasteiger partial charge in [-0.05, 0) is 18.5 Å². The Morgan fingerprint density at radius 1 is 1.29 bits per heavy atom. The van der Waals surface area contributed by atoms with Crippen molar-refractivity contribution in [1.29, 1.82) is 0 Å². The normalized spacial score (nSPS) is 15.3. The number of aromatic nitrogens is 2. The van der Waals surface area contributed by atoms with E-state index in [2.05, 4.69) is 15.3 Å². The van der Waals surface area contributed by atoms with Crippen LogP contribution in [0.2, 0.25) is 5.28 Å². The van der Waals surface area contributed by atoms with Crippen LogP contribution in [0.15, 0.2) is 18.2 Å². The average molecular weight is 460 g/mol. The molecule has 0 radical (unpaired) electrons. The average Bonchev–Trinajstić information content (AvgIpc) is 3.21. The standard InChI is InChI=1S/C20H21ClF3N3O4/c1-10(12-4-3-5-13(16(12)22)17(23)24)25-18-15(19-30-8-9-31-19)14(26-20(21)27-18)6-7-29-11(2)28/h3-5,10,17,19H,6-9H2,1-2H3,(H,25,26,27)/t10-/m1/s1. The van der Waals surface area contributed by atoms with Crippen LogP contribution in [0.4, 0.5) is 19.0 Å². The Balaban J connectivity index is 1.95. The molecular weight excluding hydrogens is 439 g/mol. The van der Waals surface area contributed by atoms with Gasteiger partial charge < -0.3 is 19.5 Å². The van der Waals surface area contributed by atoms with Gasteiger partial charge in [-0.2, -0.15) is 0 Å². The van der Waals surface area contributed by atoms with Crippen LogP contribution in [-0.4, -0.2) is 35.8 Å². The number of hydrogen-bond donors (Lipinski definition) is 1. The molecule has 1 aliphatic rings. The number of nitrogens with zero attached hydrogens (tertiary/aromatic N) is 2. The first-order valence-corrected chi connectivity index (χ1v) is 9.91. The van der Waals surface area contributed by atoms with E-state index in [1.165, 1.54) is 19.1 Å². The molecule has 31 heavy (non-hydrogen) atoms. The lowest BCUT2D eigenvalue weighted by Gasteiger charge is -2.22. The van der Waals surface area contributed by atoms with E-state index < -0.39 is 36.1 Å². The molecule has 0 amide bonds. The predicted molar refractivity (Wildman–Crippen MR) is 105 cm³/mol. The fourth-order valence-electron chi connectivity index (χ4n) is 3.20. The molecule has 0 aliphatic carbocycles. The van der Waals surface area contributed by atoms with Crippen LogP contribution < -0.4 is 5.32 Å². The van der Waals surface area contributed by atoms with Gasteiger partial charge in [0.05, 0.1) is 42.7 Å². The SMILES string of the molecule is CC(=O)OCCc1nc(Cl)nc(N[C@H](C)c2cccc(C(F)F)c2F)c1C1OCCO1. The second-order valence-electron chi connectivity index (χ2n) is 6.78. The molecule has 11 heteroatoms. The summed E-state index contributed by atoms with van der Waals surface area (Å²) in [6, 6.07) is 3.06. The van der Waals surface area contributed by atoms with Crippen molar-refractivity contribution in [3.63, 3.8) is 0 Å². The minimum atomic E-state index is -2.94. The van der Waals surface area contributed by atoms with E-state index in [4.69, 9.17) is 25.8 Å². The van der Waals surface area contributed by atoms with E-state index in [1.54, 1.807) is 6.92 Å². The van der Waals surface area contributed by atoms with Crippen LogP contribution in [0.5, 0.6) is 0 Å². The Kier molecular flexibility index (Phi) is 7.69. The highest BCUT2D eigenvalue weighted by atomic mass is 35.5. The number of alkyl halides is 2. The summed E-state index contributed by atoms with van der Waals surface area (Å²) in [5.74, 6) is -1.24. The second kappa shape index (κ2) is 10.3. The Bertz CT molecular complexity index is 942. The second-order valence-corrected chi connectivity index (χ2v) is 7.12. The maximum Gasteiger partial charge on any atom is 0.302 e. The lowest BCUT2D eigenvalue weighted by atomic mass is 10.0. The van der Waals surface area contributed by atoms with Gasteiger partial charge >= 0.3 is 5.97 Å². The zero-order chi connectivity index (χ0) is 22.5. The number of nitrogens with one attached hydrogen (secondary N) is 1. The van der Waals surface area contributed by atoms with Crippen molar-refractivity contribution in [3.05, 3.63) is 51.7 Å². The number of ether oxygens (including phenoxy) is 3. The molecule has 0 unspecified atom stereocenters. The number of benzene rings is 1. The number of carbonyl (C=O) groups is 1. The molecule has 1 saturated heterocycles. The van der Waals surface area contributed by atoms with E-state index >= 15 is 0 Å². The van der Waals surface area contributed by atoms with Crippen molar-refractivity contribution in [1.82, 2.24) is 9.97 Å². The summed E-state index contributed by atoms with van der Waals surface area (Å²) in [6.45, 7) is 3.62. The van der Waals surface area contributed by atoms with Crippen LogP contribution in [0.25, 0.3) is 0 Å². The first-order chi connectivity index (χ1) is 14.8. The number of halogens is 4. The third kappa shape index (κ3) is 5.63. The third-order valence-corrected chi connectivity index (χ3v) is 4.78. The molecule has 1 N–H and O–H groups in total. The largest absolute Gasteiger partial charge is 0.465 e. The molecule has 1 aromatic carbocycles. The number of carbonyl (C=O) groups excluding carboxylic acids is 1. The molecule has 1 atom stereocenters. The van der Waals surface area contributed by atoms with Crippen LogP contribution in [0, 0.1) is 5.82 Å². The van der Waals surface area contributed by atoms with Gasteiger partial charge in [-0.25, -0.2) is 23.1 Å². The molecule has 2 aromatic rings. The maximum atomic E-state index is 14.6. The third-order valence-electron chi connectivity index (χ3n) is 4.61. The molecule has 0 spiro atoms. The summed E-state index contributed by atoms with van der Waals surface area (Å²) in [5, 5.41) is 2.90. The molecule has 1 aliphatic heterocycles. The lowest BCUT2D eigenvalue weighted by Crippen LogP contribution is -2.18. The van der Waals surface area contributed by atoms with E-state index in [1.807, 2.05) is 0 Å². The van der Waals surface area contributed by atoms with E-state index in [0.29, 0.717) is 24.5 Å². The van der Waals surface area contributed by atoms with Crippen LogP contribution >= 0.6 is 11.6 Å². The highest BCUT2D eigenvalue weighted by Crippen LogP contribution is 2.35. The quantitative estimate of drug-likeness (QED) is 0.458. The Hall–Kier alpha value is -2.43. The van der Waals surface area contributed by atoms with Gasteiger partial charge in [0.1, 0.15) is 11.6 Å². The number of hydrogen-bond acceptors (Lipinski definition) is 7. The topological polar surface area (TPSA) is 82.6 Å². The smallest absolute Gasteiger partial charge is 0.302 e. The van der Waals surface area contributed by atoms with Crippen LogP contribution in [0.3, 0.4) is 0 Å². The summed E-state index contributed by atoms with van der Waals surface area (Å²) in [7, 11) is 0. The van der Waals surface area contributed by atoms with Crippen molar-refractivity contribution >= 4 is 23.4 Å². The summed E-state index contributed by atoms with van der Waals surface area (Å²) in [5.41, 5.74) is 0.195. The minimum Gasteiger partial charge on any atom is -0.465 e. The first kappa shape index (κ1) is 23.2. The van der Waals surface area contributed by atoms with Gasteiger partial charge in [-0.3, -0.25) is 4.79 Å². The Morgan fingerprint density at radius 2 is 1.97 bits per heavy atom. The van der Waals surface area contributed by atoms with Crippen molar-refractivity contribution in [3.8, 4) is 0 Å². The molecule has 7 nitrogen and oxygen atoms in total. The minimum absolute atomic E-state index is 0.0354. The highest BCUT2D eigenvalue weighted by Gasteiger charge is 2.29. The molecular formula is C20H21ClF3N3O4. The van der Waals surface area contributed by atoms with E-state index in [-0.39, 0.29) is 29.7 Å². The summed E-state index contributed by atoms with van der Waals surface area (Å²) in [4.78, 5) is 19.5. The van der Waals surface area contributed by atoms with Gasteiger partial charge in [0.2, 0.25) is 5.28 Å². The van der Waals surface area contributed by atoms with Crippen molar-refractivity contribution in [2.75, 3.05) is 25.1 Å². The fraction of sp³-hybridized carbons (Fsp3) is 0.450. The van der Waals surface area contributed by atoms with E-state index in [0.717, 1.165) is 6.07 Å². The molecule has 3 rings (SSSR count). The first-order valence-electron chi connectivity index (χ1n) is 9.53. The fourth-order valence-corrected chi connectivity index (χ4v) is 3.39. The molecule has 0 bridgehead atoms. The molecule has 0 saturated carbocycles. The van der Waals surface area contributed by atoms with Gasteiger partial charge in [0, 0.05) is 18.9 Å². The molecule has 1 fully saturated rings. The number of esters is 1. The Labute approximate surface area is 181 Å². The Morgan fingerprint density at radius 3 is 2.61 bits per heavy atom.